The van der Waals surface area contributed by atoms with Crippen molar-refractivity contribution in [2.75, 3.05) is 6.54 Å². The summed E-state index contributed by atoms with van der Waals surface area (Å²) in [4.78, 5) is 20.3. The summed E-state index contributed by atoms with van der Waals surface area (Å²) >= 11 is 0. The second-order valence-corrected chi connectivity index (χ2v) is 2.47. The van der Waals surface area contributed by atoms with Crippen molar-refractivity contribution in [1.29, 1.82) is 0 Å². The van der Waals surface area contributed by atoms with Gasteiger partial charge in [0.1, 0.15) is 6.29 Å². The van der Waals surface area contributed by atoms with Crippen LogP contribution in [0.3, 0.4) is 0 Å². The van der Waals surface area contributed by atoms with Gasteiger partial charge in [0, 0.05) is 19.9 Å². The standard InChI is InChI=1S/C7H13NO4/c1-5(10)8-4-7(12)6(11)2-3-9/h3,6-7,11-12H,2,4H2,1H3,(H,8,10)/t6-,7-/m1/s1. The van der Waals surface area contributed by atoms with Crippen molar-refractivity contribution in [2.45, 2.75) is 25.6 Å². The summed E-state index contributed by atoms with van der Waals surface area (Å²) in [6.07, 6.45) is -1.80. The molecule has 0 rings (SSSR count). The first-order chi connectivity index (χ1) is 5.57. The quantitative estimate of drug-likeness (QED) is 0.441. The van der Waals surface area contributed by atoms with Crippen LogP contribution in [0.5, 0.6) is 0 Å². The van der Waals surface area contributed by atoms with Crippen molar-refractivity contribution in [3.8, 4) is 0 Å². The van der Waals surface area contributed by atoms with Crippen LogP contribution in [0, 0.1) is 0 Å². The Hall–Kier alpha value is -0.940. The average Bonchev–Trinajstić information content (AvgIpc) is 2.00. The lowest BCUT2D eigenvalue weighted by atomic mass is 10.1. The van der Waals surface area contributed by atoms with E-state index >= 15 is 0 Å². The first-order valence-corrected chi connectivity index (χ1v) is 3.62. The molecule has 3 N–H and O–H groups in total. The molecule has 2 atom stereocenters. The smallest absolute Gasteiger partial charge is 0.216 e. The maximum atomic E-state index is 10.4. The molecule has 0 aliphatic carbocycles. The summed E-state index contributed by atoms with van der Waals surface area (Å²) in [6, 6.07) is 0. The summed E-state index contributed by atoms with van der Waals surface area (Å²) in [5.74, 6) is -0.285. The lowest BCUT2D eigenvalue weighted by Gasteiger charge is -2.15. The van der Waals surface area contributed by atoms with Crippen LogP contribution in [0.25, 0.3) is 0 Å². The SMILES string of the molecule is CC(=O)NC[C@@H](O)[C@H](O)CC=O. The molecule has 0 aromatic heterocycles. The summed E-state index contributed by atoms with van der Waals surface area (Å²) < 4.78 is 0. The molecule has 0 aliphatic rings. The Balaban J connectivity index is 3.62. The van der Waals surface area contributed by atoms with Gasteiger partial charge in [0.15, 0.2) is 0 Å². The summed E-state index contributed by atoms with van der Waals surface area (Å²) in [7, 11) is 0. The molecule has 0 unspecified atom stereocenters. The van der Waals surface area contributed by atoms with E-state index in [1.54, 1.807) is 0 Å². The molecule has 5 nitrogen and oxygen atoms in total. The molecule has 0 saturated heterocycles. The van der Waals surface area contributed by atoms with Crippen LogP contribution in [0.4, 0.5) is 0 Å². The molecule has 5 heteroatoms. The Morgan fingerprint density at radius 3 is 2.50 bits per heavy atom. The highest BCUT2D eigenvalue weighted by atomic mass is 16.3. The number of aliphatic hydroxyl groups excluding tert-OH is 2. The zero-order valence-corrected chi connectivity index (χ0v) is 6.86. The van der Waals surface area contributed by atoms with Crippen molar-refractivity contribution < 1.29 is 19.8 Å². The molecule has 0 saturated carbocycles. The van der Waals surface area contributed by atoms with Crippen LogP contribution >= 0.6 is 0 Å². The Morgan fingerprint density at radius 1 is 1.50 bits per heavy atom. The highest BCUT2D eigenvalue weighted by molar-refractivity contribution is 5.72. The predicted octanol–water partition coefficient (Wildman–Crippen LogP) is -1.57. The van der Waals surface area contributed by atoms with E-state index in [-0.39, 0.29) is 18.9 Å². The normalized spacial score (nSPS) is 14.9. The number of hydrogen-bond acceptors (Lipinski definition) is 4. The molecule has 0 aromatic rings. The van der Waals surface area contributed by atoms with E-state index in [1.807, 2.05) is 0 Å². The van der Waals surface area contributed by atoms with E-state index in [9.17, 15) is 9.59 Å². The van der Waals surface area contributed by atoms with Gasteiger partial charge in [0.2, 0.25) is 5.91 Å². The molecule has 0 bridgehead atoms. The maximum absolute atomic E-state index is 10.4. The van der Waals surface area contributed by atoms with Gasteiger partial charge in [-0.2, -0.15) is 0 Å². The van der Waals surface area contributed by atoms with Gasteiger partial charge in [0.25, 0.3) is 0 Å². The molecular weight excluding hydrogens is 162 g/mol. The zero-order chi connectivity index (χ0) is 9.56. The van der Waals surface area contributed by atoms with Gasteiger partial charge in [-0.3, -0.25) is 4.79 Å². The highest BCUT2D eigenvalue weighted by Crippen LogP contribution is 1.95. The van der Waals surface area contributed by atoms with E-state index in [0.29, 0.717) is 6.29 Å². The summed E-state index contributed by atoms with van der Waals surface area (Å²) in [5.41, 5.74) is 0. The summed E-state index contributed by atoms with van der Waals surface area (Å²) in [5, 5.41) is 20.4. The topological polar surface area (TPSA) is 86.6 Å². The number of amides is 1. The molecule has 0 fully saturated rings. The Labute approximate surface area is 70.4 Å². The number of aliphatic hydroxyl groups is 2. The third-order valence-electron chi connectivity index (χ3n) is 1.34. The zero-order valence-electron chi connectivity index (χ0n) is 6.86. The fourth-order valence-corrected chi connectivity index (χ4v) is 0.640. The lowest BCUT2D eigenvalue weighted by molar-refractivity contribution is -0.119. The van der Waals surface area contributed by atoms with Crippen LogP contribution in [0.2, 0.25) is 0 Å². The minimum atomic E-state index is -1.10. The third kappa shape index (κ3) is 4.81. The monoisotopic (exact) mass is 175 g/mol. The summed E-state index contributed by atoms with van der Waals surface area (Å²) in [6.45, 7) is 1.27. The van der Waals surface area contributed by atoms with Crippen molar-refractivity contribution in [3.63, 3.8) is 0 Å². The fraction of sp³-hybridized carbons (Fsp3) is 0.714. The number of hydrogen-bond donors (Lipinski definition) is 3. The van der Waals surface area contributed by atoms with Crippen molar-refractivity contribution in [1.82, 2.24) is 5.32 Å². The predicted molar refractivity (Wildman–Crippen MR) is 41.4 cm³/mol. The van der Waals surface area contributed by atoms with Gasteiger partial charge in [-0.05, 0) is 0 Å². The molecule has 0 heterocycles. The van der Waals surface area contributed by atoms with Crippen LogP contribution in [0.15, 0.2) is 0 Å². The van der Waals surface area contributed by atoms with Gasteiger partial charge in [0.05, 0.1) is 12.2 Å². The molecule has 0 spiro atoms. The van der Waals surface area contributed by atoms with E-state index in [1.165, 1.54) is 6.92 Å². The van der Waals surface area contributed by atoms with E-state index in [2.05, 4.69) is 5.32 Å². The van der Waals surface area contributed by atoms with Gasteiger partial charge in [-0.1, -0.05) is 0 Å². The van der Waals surface area contributed by atoms with Gasteiger partial charge in [-0.25, -0.2) is 0 Å². The average molecular weight is 175 g/mol. The first-order valence-electron chi connectivity index (χ1n) is 3.62. The number of nitrogens with one attached hydrogen (secondary N) is 1. The van der Waals surface area contributed by atoms with Crippen LogP contribution in [-0.4, -0.2) is 41.2 Å². The first kappa shape index (κ1) is 11.1. The van der Waals surface area contributed by atoms with Crippen LogP contribution in [-0.2, 0) is 9.59 Å². The molecule has 70 valence electrons. The minimum Gasteiger partial charge on any atom is -0.390 e. The van der Waals surface area contributed by atoms with E-state index in [4.69, 9.17) is 10.2 Å². The highest BCUT2D eigenvalue weighted by Gasteiger charge is 2.15. The second-order valence-electron chi connectivity index (χ2n) is 2.47. The molecule has 0 radical (unpaired) electrons. The van der Waals surface area contributed by atoms with Crippen LogP contribution < -0.4 is 5.32 Å². The fourth-order valence-electron chi connectivity index (χ4n) is 0.640. The van der Waals surface area contributed by atoms with Crippen molar-refractivity contribution >= 4 is 12.2 Å². The Morgan fingerprint density at radius 2 is 2.08 bits per heavy atom. The lowest BCUT2D eigenvalue weighted by Crippen LogP contribution is -2.38. The van der Waals surface area contributed by atoms with Gasteiger partial charge >= 0.3 is 0 Å². The molecule has 0 aromatic carbocycles. The van der Waals surface area contributed by atoms with Crippen LogP contribution in [0.1, 0.15) is 13.3 Å². The van der Waals surface area contributed by atoms with E-state index < -0.39 is 12.2 Å². The third-order valence-corrected chi connectivity index (χ3v) is 1.34. The maximum Gasteiger partial charge on any atom is 0.216 e. The number of carbonyl (C=O) groups is 2. The molecule has 0 aliphatic heterocycles. The number of rotatable bonds is 5. The van der Waals surface area contributed by atoms with Gasteiger partial charge < -0.3 is 20.3 Å². The van der Waals surface area contributed by atoms with E-state index in [0.717, 1.165) is 0 Å². The Bertz CT molecular complexity index is 159. The largest absolute Gasteiger partial charge is 0.390 e. The molecule has 12 heavy (non-hydrogen) atoms. The number of carbonyl (C=O) groups excluding carboxylic acids is 2. The second kappa shape index (κ2) is 5.68. The van der Waals surface area contributed by atoms with Crippen molar-refractivity contribution in [2.24, 2.45) is 0 Å². The molecule has 1 amide bonds. The molecular formula is C7H13NO4. The van der Waals surface area contributed by atoms with Gasteiger partial charge in [-0.15, -0.1) is 0 Å². The number of aldehydes is 1. The minimum absolute atomic E-state index is 0.0374. The Kier molecular flexibility index (Phi) is 5.23. The van der Waals surface area contributed by atoms with Crippen molar-refractivity contribution in [3.05, 3.63) is 0 Å².